The predicted molar refractivity (Wildman–Crippen MR) is 98.4 cm³/mol. The predicted octanol–water partition coefficient (Wildman–Crippen LogP) is 2.87. The van der Waals surface area contributed by atoms with Crippen molar-refractivity contribution in [3.8, 4) is 0 Å². The maximum Gasteiger partial charge on any atom is 0.159 e. The number of rotatable bonds is 5. The van der Waals surface area contributed by atoms with Gasteiger partial charge in [0.05, 0.1) is 5.69 Å². The molecule has 1 unspecified atom stereocenters. The molecular weight excluding hydrogens is 312 g/mol. The molecule has 0 N–H and O–H groups in total. The summed E-state index contributed by atoms with van der Waals surface area (Å²) in [4.78, 5) is 12.0. The second kappa shape index (κ2) is 6.59. The minimum absolute atomic E-state index is 0.484. The summed E-state index contributed by atoms with van der Waals surface area (Å²) in [5.41, 5.74) is 4.51. The summed E-state index contributed by atoms with van der Waals surface area (Å²) in [5.74, 6) is 1.69. The number of imidazole rings is 1. The zero-order valence-electron chi connectivity index (χ0n) is 15.3. The molecule has 3 aromatic rings. The van der Waals surface area contributed by atoms with E-state index in [1.54, 1.807) is 0 Å². The first-order valence-electron chi connectivity index (χ1n) is 9.18. The number of pyridine rings is 1. The van der Waals surface area contributed by atoms with E-state index in [9.17, 15) is 0 Å². The summed E-state index contributed by atoms with van der Waals surface area (Å²) in [6.07, 6.45) is 6.26. The van der Waals surface area contributed by atoms with Crippen molar-refractivity contribution < 1.29 is 0 Å². The summed E-state index contributed by atoms with van der Waals surface area (Å²) in [6, 6.07) is 4.05. The number of hydrogen-bond acceptors (Lipinski definition) is 4. The van der Waals surface area contributed by atoms with Gasteiger partial charge in [-0.25, -0.2) is 9.97 Å². The van der Waals surface area contributed by atoms with Gasteiger partial charge < -0.3 is 4.57 Å². The van der Waals surface area contributed by atoms with Crippen LogP contribution in [-0.4, -0.2) is 42.3 Å². The van der Waals surface area contributed by atoms with Crippen LogP contribution >= 0.6 is 0 Å². The summed E-state index contributed by atoms with van der Waals surface area (Å²) in [5, 5.41) is 4.46. The van der Waals surface area contributed by atoms with Gasteiger partial charge in [0.1, 0.15) is 11.3 Å². The molecule has 25 heavy (non-hydrogen) atoms. The molecule has 0 aliphatic carbocycles. The van der Waals surface area contributed by atoms with Crippen LogP contribution in [0.4, 0.5) is 0 Å². The van der Waals surface area contributed by atoms with Crippen LogP contribution in [0.5, 0.6) is 0 Å². The smallest absolute Gasteiger partial charge is 0.159 e. The van der Waals surface area contributed by atoms with Crippen molar-refractivity contribution in [3.05, 3.63) is 41.6 Å². The summed E-state index contributed by atoms with van der Waals surface area (Å²) >= 11 is 0. The van der Waals surface area contributed by atoms with Crippen molar-refractivity contribution in [1.29, 1.82) is 0 Å². The second-order valence-corrected chi connectivity index (χ2v) is 7.10. The van der Waals surface area contributed by atoms with Crippen LogP contribution in [0.15, 0.2) is 24.5 Å². The van der Waals surface area contributed by atoms with Gasteiger partial charge in [0.2, 0.25) is 0 Å². The maximum absolute atomic E-state index is 4.93. The van der Waals surface area contributed by atoms with E-state index in [4.69, 9.17) is 4.98 Å². The first-order chi connectivity index (χ1) is 12.2. The second-order valence-electron chi connectivity index (χ2n) is 7.10. The molecule has 6 heteroatoms. The number of likely N-dealkylation sites (tertiary alicyclic amines) is 1. The lowest BCUT2D eigenvalue weighted by Gasteiger charge is -2.16. The fourth-order valence-electron chi connectivity index (χ4n) is 3.96. The third-order valence-electron chi connectivity index (χ3n) is 5.13. The van der Waals surface area contributed by atoms with E-state index in [2.05, 4.69) is 45.7 Å². The molecule has 3 aromatic heterocycles. The fourth-order valence-corrected chi connectivity index (χ4v) is 3.96. The van der Waals surface area contributed by atoms with Crippen molar-refractivity contribution in [2.45, 2.75) is 45.7 Å². The Labute approximate surface area is 148 Å². The topological polar surface area (TPSA) is 51.8 Å². The van der Waals surface area contributed by atoms with Gasteiger partial charge in [-0.05, 0) is 38.4 Å². The molecule has 6 nitrogen and oxygen atoms in total. The Morgan fingerprint density at radius 1 is 1.32 bits per heavy atom. The molecule has 0 spiro atoms. The van der Waals surface area contributed by atoms with Gasteiger partial charge in [-0.15, -0.1) is 0 Å². The molecule has 1 aliphatic heterocycles. The third-order valence-corrected chi connectivity index (χ3v) is 5.13. The molecule has 1 fully saturated rings. The van der Waals surface area contributed by atoms with Gasteiger partial charge in [0.25, 0.3) is 0 Å². The highest BCUT2D eigenvalue weighted by atomic mass is 15.3. The minimum atomic E-state index is 0.484. The molecular formula is C19H26N6. The first kappa shape index (κ1) is 16.3. The third kappa shape index (κ3) is 3.06. The molecule has 0 bridgehead atoms. The molecule has 0 amide bonds. The Hall–Kier alpha value is -2.21. The van der Waals surface area contributed by atoms with Crippen LogP contribution in [0.2, 0.25) is 0 Å². The Balaban J connectivity index is 1.56. The standard InChI is InChI=1S/C19H26N6/c1-4-9-25-18(21-17-6-5-8-20-19(17)25)15-7-10-24(12-15)13-16-11-23(3)22-14(16)2/h5-6,8,11,15H,4,7,9-10,12-13H2,1-3H3. The molecule has 4 rings (SSSR count). The van der Waals surface area contributed by atoms with Crippen molar-refractivity contribution >= 4 is 11.2 Å². The minimum Gasteiger partial charge on any atom is -0.312 e. The lowest BCUT2D eigenvalue weighted by atomic mass is 10.1. The van der Waals surface area contributed by atoms with Crippen LogP contribution in [0.1, 0.15) is 42.8 Å². The number of fused-ring (bicyclic) bond motifs is 1. The lowest BCUT2D eigenvalue weighted by Crippen LogP contribution is -2.21. The normalized spacial score (nSPS) is 18.4. The Bertz CT molecular complexity index is 877. The quantitative estimate of drug-likeness (QED) is 0.718. The van der Waals surface area contributed by atoms with Crippen molar-refractivity contribution in [2.75, 3.05) is 13.1 Å². The zero-order valence-corrected chi connectivity index (χ0v) is 15.3. The van der Waals surface area contributed by atoms with E-state index in [0.29, 0.717) is 5.92 Å². The Morgan fingerprint density at radius 3 is 2.96 bits per heavy atom. The van der Waals surface area contributed by atoms with Gasteiger partial charge in [-0.2, -0.15) is 5.10 Å². The Kier molecular flexibility index (Phi) is 4.29. The monoisotopic (exact) mass is 338 g/mol. The van der Waals surface area contributed by atoms with Gasteiger partial charge in [0.15, 0.2) is 5.65 Å². The van der Waals surface area contributed by atoms with Gasteiger partial charge >= 0.3 is 0 Å². The Morgan fingerprint density at radius 2 is 2.20 bits per heavy atom. The highest BCUT2D eigenvalue weighted by Crippen LogP contribution is 2.30. The highest BCUT2D eigenvalue weighted by Gasteiger charge is 2.29. The van der Waals surface area contributed by atoms with Crippen LogP contribution in [-0.2, 0) is 20.1 Å². The number of aromatic nitrogens is 5. The van der Waals surface area contributed by atoms with Crippen molar-refractivity contribution in [2.24, 2.45) is 7.05 Å². The molecule has 4 heterocycles. The zero-order chi connectivity index (χ0) is 17.4. The maximum atomic E-state index is 4.93. The van der Waals surface area contributed by atoms with E-state index in [0.717, 1.165) is 55.9 Å². The molecule has 1 saturated heterocycles. The van der Waals surface area contributed by atoms with Gasteiger partial charge in [-0.3, -0.25) is 9.58 Å². The average Bonchev–Trinajstić information content (AvgIpc) is 3.27. The molecule has 1 aliphatic rings. The number of hydrogen-bond donors (Lipinski definition) is 0. The summed E-state index contributed by atoms with van der Waals surface area (Å²) in [7, 11) is 1.99. The average molecular weight is 338 g/mol. The van der Waals surface area contributed by atoms with Crippen molar-refractivity contribution in [1.82, 2.24) is 29.2 Å². The number of nitrogens with zero attached hydrogens (tertiary/aromatic N) is 6. The van der Waals surface area contributed by atoms with Crippen molar-refractivity contribution in [3.63, 3.8) is 0 Å². The molecule has 0 saturated carbocycles. The fraction of sp³-hybridized carbons (Fsp3) is 0.526. The highest BCUT2D eigenvalue weighted by molar-refractivity contribution is 5.71. The van der Waals surface area contributed by atoms with Gasteiger partial charge in [-0.1, -0.05) is 6.92 Å². The van der Waals surface area contributed by atoms with Crippen LogP contribution in [0, 0.1) is 6.92 Å². The van der Waals surface area contributed by atoms with Crippen LogP contribution in [0.25, 0.3) is 11.2 Å². The largest absolute Gasteiger partial charge is 0.312 e. The van der Waals surface area contributed by atoms with E-state index in [1.165, 1.54) is 11.4 Å². The SMILES string of the molecule is CCCn1c(C2CCN(Cc3cn(C)nc3C)C2)nc2cccnc21. The number of aryl methyl sites for hydroxylation is 3. The first-order valence-corrected chi connectivity index (χ1v) is 9.18. The summed E-state index contributed by atoms with van der Waals surface area (Å²) < 4.78 is 4.24. The van der Waals surface area contributed by atoms with E-state index in [1.807, 2.05) is 24.0 Å². The van der Waals surface area contributed by atoms with E-state index in [-0.39, 0.29) is 0 Å². The van der Waals surface area contributed by atoms with E-state index < -0.39 is 0 Å². The molecule has 132 valence electrons. The lowest BCUT2D eigenvalue weighted by molar-refractivity contribution is 0.324. The molecule has 1 atom stereocenters. The van der Waals surface area contributed by atoms with E-state index >= 15 is 0 Å². The summed E-state index contributed by atoms with van der Waals surface area (Å²) in [6.45, 7) is 8.44. The molecule has 0 radical (unpaired) electrons. The van der Waals surface area contributed by atoms with Gasteiger partial charge in [0, 0.05) is 50.6 Å². The molecule has 0 aromatic carbocycles. The van der Waals surface area contributed by atoms with Crippen LogP contribution < -0.4 is 0 Å². The van der Waals surface area contributed by atoms with Crippen LogP contribution in [0.3, 0.4) is 0 Å².